The zero-order chi connectivity index (χ0) is 21.8. The van der Waals surface area contributed by atoms with Gasteiger partial charge < -0.3 is 21.7 Å². The summed E-state index contributed by atoms with van der Waals surface area (Å²) in [5, 5.41) is 12.7. The lowest BCUT2D eigenvalue weighted by molar-refractivity contribution is 0.102. The molecule has 10 heteroatoms. The third-order valence-corrected chi connectivity index (χ3v) is 4.28. The number of nitrogens with zero attached hydrogens (tertiary/aromatic N) is 4. The minimum atomic E-state index is -0.519. The number of carbonyl (C=O) groups excluding carboxylic acids is 1. The molecule has 0 saturated carbocycles. The highest BCUT2D eigenvalue weighted by Crippen LogP contribution is 2.28. The van der Waals surface area contributed by atoms with Gasteiger partial charge in [0, 0.05) is 24.5 Å². The quantitative estimate of drug-likeness (QED) is 0.352. The maximum atomic E-state index is 14.3. The number of halogens is 1. The Labute approximate surface area is 177 Å². The monoisotopic (exact) mass is 418 g/mol. The molecule has 4 aromatic rings. The average molecular weight is 418 g/mol. The molecule has 0 aliphatic heterocycles. The highest BCUT2D eigenvalue weighted by molar-refractivity contribution is 6.05. The van der Waals surface area contributed by atoms with Crippen LogP contribution in [0.5, 0.6) is 0 Å². The first-order valence-electron chi connectivity index (χ1n) is 9.29. The van der Waals surface area contributed by atoms with Gasteiger partial charge in [-0.25, -0.2) is 9.37 Å². The largest absolute Gasteiger partial charge is 0.399 e. The number of hydrogen-bond donors (Lipinski definition) is 4. The van der Waals surface area contributed by atoms with Gasteiger partial charge in [0.2, 0.25) is 5.95 Å². The zero-order valence-corrected chi connectivity index (χ0v) is 16.5. The zero-order valence-electron chi connectivity index (χ0n) is 16.5. The van der Waals surface area contributed by atoms with E-state index in [9.17, 15) is 9.18 Å². The van der Waals surface area contributed by atoms with Crippen molar-refractivity contribution in [1.29, 1.82) is 0 Å². The Kier molecular flexibility index (Phi) is 5.43. The van der Waals surface area contributed by atoms with Crippen molar-refractivity contribution in [2.45, 2.75) is 0 Å². The minimum Gasteiger partial charge on any atom is -0.399 e. The molecule has 4 rings (SSSR count). The molecule has 5 N–H and O–H groups in total. The second kappa shape index (κ2) is 8.49. The van der Waals surface area contributed by atoms with E-state index in [0.29, 0.717) is 16.9 Å². The van der Waals surface area contributed by atoms with Crippen LogP contribution >= 0.6 is 0 Å². The first kappa shape index (κ1) is 19.8. The number of nitrogens with two attached hydrogens (primary N) is 1. The minimum absolute atomic E-state index is 0.112. The number of aryl methyl sites for hydroxylation is 1. The lowest BCUT2D eigenvalue weighted by atomic mass is 10.2. The summed E-state index contributed by atoms with van der Waals surface area (Å²) in [7, 11) is 1.78. The normalized spacial score (nSPS) is 10.5. The molecule has 2 heterocycles. The first-order valence-corrected chi connectivity index (χ1v) is 9.29. The Morgan fingerprint density at radius 3 is 2.61 bits per heavy atom. The van der Waals surface area contributed by atoms with E-state index in [2.05, 4.69) is 31.0 Å². The number of rotatable bonds is 6. The second-order valence-electron chi connectivity index (χ2n) is 6.67. The number of anilines is 6. The van der Waals surface area contributed by atoms with Crippen LogP contribution in [0.25, 0.3) is 0 Å². The summed E-state index contributed by atoms with van der Waals surface area (Å²) < 4.78 is 15.9. The van der Waals surface area contributed by atoms with Gasteiger partial charge in [0.15, 0.2) is 5.82 Å². The van der Waals surface area contributed by atoms with E-state index < -0.39 is 5.82 Å². The van der Waals surface area contributed by atoms with Crippen LogP contribution in [0.4, 0.5) is 38.9 Å². The molecule has 0 aliphatic carbocycles. The molecule has 0 unspecified atom stereocenters. The van der Waals surface area contributed by atoms with E-state index in [0.717, 1.165) is 0 Å². The van der Waals surface area contributed by atoms with Crippen LogP contribution in [0, 0.1) is 5.82 Å². The van der Waals surface area contributed by atoms with Crippen LogP contribution in [-0.2, 0) is 7.05 Å². The lowest BCUT2D eigenvalue weighted by Crippen LogP contribution is -2.14. The molecule has 0 atom stereocenters. The number of nitrogen functional groups attached to an aromatic ring is 1. The van der Waals surface area contributed by atoms with Crippen molar-refractivity contribution in [2.24, 2.45) is 7.05 Å². The fourth-order valence-corrected chi connectivity index (χ4v) is 2.79. The third-order valence-electron chi connectivity index (χ3n) is 4.28. The van der Waals surface area contributed by atoms with E-state index in [1.807, 2.05) is 6.07 Å². The van der Waals surface area contributed by atoms with Crippen molar-refractivity contribution in [1.82, 2.24) is 19.7 Å². The molecular formula is C21H19FN8O. The summed E-state index contributed by atoms with van der Waals surface area (Å²) >= 11 is 0. The van der Waals surface area contributed by atoms with Gasteiger partial charge in [-0.05, 0) is 30.3 Å². The fraction of sp³-hybridized carbons (Fsp3) is 0.0476. The molecule has 0 bridgehead atoms. The summed E-state index contributed by atoms with van der Waals surface area (Å²) in [5.74, 6) is -0.448. The van der Waals surface area contributed by atoms with Crippen LogP contribution in [0.1, 0.15) is 10.4 Å². The lowest BCUT2D eigenvalue weighted by Gasteiger charge is -2.14. The van der Waals surface area contributed by atoms with Crippen molar-refractivity contribution in [3.63, 3.8) is 0 Å². The highest BCUT2D eigenvalue weighted by atomic mass is 19.1. The van der Waals surface area contributed by atoms with Crippen LogP contribution in [0.2, 0.25) is 0 Å². The molecule has 0 saturated heterocycles. The fourth-order valence-electron chi connectivity index (χ4n) is 2.79. The Morgan fingerprint density at radius 2 is 1.87 bits per heavy atom. The number of hydrogen-bond acceptors (Lipinski definition) is 7. The van der Waals surface area contributed by atoms with Gasteiger partial charge in [0.05, 0.1) is 23.8 Å². The molecule has 156 valence electrons. The smallest absolute Gasteiger partial charge is 0.255 e. The average Bonchev–Trinajstić information content (AvgIpc) is 3.17. The van der Waals surface area contributed by atoms with Gasteiger partial charge >= 0.3 is 0 Å². The molecule has 0 aliphatic rings. The standard InChI is InChI=1S/C21H19FN8O/c1-30-12-15(10-25-30)26-21-24-11-18(28-20(31)13-5-3-2-4-6-13)19(29-21)27-17-9-14(23)7-8-16(17)22/h2-12H,23H2,1H3,(H,28,31)(H2,24,26,27,29). The van der Waals surface area contributed by atoms with Gasteiger partial charge in [-0.15, -0.1) is 0 Å². The van der Waals surface area contributed by atoms with Crippen LogP contribution < -0.4 is 21.7 Å². The number of amides is 1. The molecule has 9 nitrogen and oxygen atoms in total. The van der Waals surface area contributed by atoms with E-state index in [-0.39, 0.29) is 29.0 Å². The van der Waals surface area contributed by atoms with E-state index in [1.54, 1.807) is 48.4 Å². The molecular weight excluding hydrogens is 399 g/mol. The van der Waals surface area contributed by atoms with E-state index >= 15 is 0 Å². The van der Waals surface area contributed by atoms with Crippen molar-refractivity contribution in [2.75, 3.05) is 21.7 Å². The summed E-state index contributed by atoms with van der Waals surface area (Å²) in [5.41, 5.74) is 7.67. The number of aromatic nitrogens is 4. The maximum absolute atomic E-state index is 14.3. The Bertz CT molecular complexity index is 1230. The summed E-state index contributed by atoms with van der Waals surface area (Å²) in [6, 6.07) is 12.8. The Balaban J connectivity index is 1.67. The molecule has 2 aromatic heterocycles. The van der Waals surface area contributed by atoms with E-state index in [1.165, 1.54) is 24.4 Å². The van der Waals surface area contributed by atoms with Gasteiger partial charge in [-0.1, -0.05) is 18.2 Å². The second-order valence-corrected chi connectivity index (χ2v) is 6.67. The van der Waals surface area contributed by atoms with Gasteiger partial charge in [0.25, 0.3) is 5.91 Å². The number of carbonyl (C=O) groups is 1. The van der Waals surface area contributed by atoms with E-state index in [4.69, 9.17) is 5.73 Å². The van der Waals surface area contributed by atoms with Crippen molar-refractivity contribution < 1.29 is 9.18 Å². The predicted octanol–water partition coefficient (Wildman–Crippen LogP) is 3.67. The number of nitrogens with one attached hydrogen (secondary N) is 3. The Morgan fingerprint density at radius 1 is 1.06 bits per heavy atom. The van der Waals surface area contributed by atoms with Gasteiger partial charge in [0.1, 0.15) is 11.5 Å². The van der Waals surface area contributed by atoms with Crippen LogP contribution in [0.3, 0.4) is 0 Å². The summed E-state index contributed by atoms with van der Waals surface area (Å²) in [6.45, 7) is 0. The molecule has 0 radical (unpaired) electrons. The maximum Gasteiger partial charge on any atom is 0.255 e. The first-order chi connectivity index (χ1) is 15.0. The van der Waals surface area contributed by atoms with Crippen molar-refractivity contribution >= 4 is 40.4 Å². The SMILES string of the molecule is Cn1cc(Nc2ncc(NC(=O)c3ccccc3)c(Nc3cc(N)ccc3F)n2)cn1. The van der Waals surface area contributed by atoms with Crippen LogP contribution in [0.15, 0.2) is 67.1 Å². The van der Waals surface area contributed by atoms with Gasteiger partial charge in [-0.3, -0.25) is 9.48 Å². The molecule has 0 spiro atoms. The van der Waals surface area contributed by atoms with Crippen molar-refractivity contribution in [3.05, 3.63) is 78.5 Å². The topological polar surface area (TPSA) is 123 Å². The third kappa shape index (κ3) is 4.75. The summed E-state index contributed by atoms with van der Waals surface area (Å²) in [4.78, 5) is 21.2. The predicted molar refractivity (Wildman–Crippen MR) is 117 cm³/mol. The van der Waals surface area contributed by atoms with Crippen molar-refractivity contribution in [3.8, 4) is 0 Å². The molecule has 2 aromatic carbocycles. The number of benzene rings is 2. The molecule has 1 amide bonds. The van der Waals surface area contributed by atoms with Crippen LogP contribution in [-0.4, -0.2) is 25.7 Å². The Hall–Kier alpha value is -4.47. The molecule has 0 fully saturated rings. The highest BCUT2D eigenvalue weighted by Gasteiger charge is 2.14. The molecule has 31 heavy (non-hydrogen) atoms. The summed E-state index contributed by atoms with van der Waals surface area (Å²) in [6.07, 6.45) is 4.79. The van der Waals surface area contributed by atoms with Gasteiger partial charge in [-0.2, -0.15) is 10.1 Å².